The van der Waals surface area contributed by atoms with Gasteiger partial charge in [0.15, 0.2) is 0 Å². The van der Waals surface area contributed by atoms with Crippen molar-refractivity contribution in [2.24, 2.45) is 5.41 Å². The number of rotatable bonds is 8. The molecular formula is C16H25N3O3. The summed E-state index contributed by atoms with van der Waals surface area (Å²) in [6.07, 6.45) is 4.93. The molecule has 1 aromatic rings. The zero-order chi connectivity index (χ0) is 16.4. The second-order valence-electron chi connectivity index (χ2n) is 5.97. The summed E-state index contributed by atoms with van der Waals surface area (Å²) >= 11 is 0. The Balaban J connectivity index is 2.33. The molecule has 0 aromatic carbocycles. The minimum atomic E-state index is -0.434. The van der Waals surface area contributed by atoms with E-state index in [0.717, 1.165) is 12.8 Å². The van der Waals surface area contributed by atoms with Crippen LogP contribution in [0.1, 0.15) is 40.0 Å². The lowest BCUT2D eigenvalue weighted by Crippen LogP contribution is -2.36. The summed E-state index contributed by atoms with van der Waals surface area (Å²) in [6, 6.07) is 3.46. The SMILES string of the molecule is CCCCOC(=O)NCC(C)(C)CC(=O)Nc1ccncc1. The summed E-state index contributed by atoms with van der Waals surface area (Å²) < 4.78 is 5.02. The monoisotopic (exact) mass is 307 g/mol. The molecule has 0 aliphatic heterocycles. The smallest absolute Gasteiger partial charge is 0.407 e. The van der Waals surface area contributed by atoms with Crippen molar-refractivity contribution < 1.29 is 14.3 Å². The highest BCUT2D eigenvalue weighted by Gasteiger charge is 2.23. The van der Waals surface area contributed by atoms with Crippen LogP contribution >= 0.6 is 0 Å². The molecular weight excluding hydrogens is 282 g/mol. The number of amides is 2. The average Bonchev–Trinajstić information content (AvgIpc) is 2.46. The van der Waals surface area contributed by atoms with Crippen molar-refractivity contribution in [3.05, 3.63) is 24.5 Å². The van der Waals surface area contributed by atoms with Crippen molar-refractivity contribution in [2.75, 3.05) is 18.5 Å². The summed E-state index contributed by atoms with van der Waals surface area (Å²) in [7, 11) is 0. The van der Waals surface area contributed by atoms with Gasteiger partial charge in [0, 0.05) is 31.0 Å². The number of unbranched alkanes of at least 4 members (excludes halogenated alkanes) is 1. The first-order valence-electron chi connectivity index (χ1n) is 7.53. The molecule has 0 saturated carbocycles. The third kappa shape index (κ3) is 7.61. The van der Waals surface area contributed by atoms with Crippen LogP contribution in [0.25, 0.3) is 0 Å². The van der Waals surface area contributed by atoms with E-state index < -0.39 is 6.09 Å². The average molecular weight is 307 g/mol. The number of carbonyl (C=O) groups excluding carboxylic acids is 2. The summed E-state index contributed by atoms with van der Waals surface area (Å²) in [4.78, 5) is 27.4. The topological polar surface area (TPSA) is 80.3 Å². The largest absolute Gasteiger partial charge is 0.450 e. The van der Waals surface area contributed by atoms with E-state index in [4.69, 9.17) is 4.74 Å². The van der Waals surface area contributed by atoms with Crippen LogP contribution in [0.2, 0.25) is 0 Å². The molecule has 0 fully saturated rings. The summed E-state index contributed by atoms with van der Waals surface area (Å²) in [5.74, 6) is -0.0997. The number of nitrogens with one attached hydrogen (secondary N) is 2. The van der Waals surface area contributed by atoms with Gasteiger partial charge in [0.2, 0.25) is 5.91 Å². The highest BCUT2D eigenvalue weighted by atomic mass is 16.5. The summed E-state index contributed by atoms with van der Waals surface area (Å²) in [5, 5.41) is 5.50. The van der Waals surface area contributed by atoms with E-state index in [2.05, 4.69) is 15.6 Å². The molecule has 2 amide bonds. The first-order valence-corrected chi connectivity index (χ1v) is 7.53. The molecule has 1 aromatic heterocycles. The lowest BCUT2D eigenvalue weighted by atomic mass is 9.89. The number of anilines is 1. The molecule has 0 saturated heterocycles. The maximum Gasteiger partial charge on any atom is 0.407 e. The van der Waals surface area contributed by atoms with Crippen LogP contribution in [0.4, 0.5) is 10.5 Å². The zero-order valence-corrected chi connectivity index (χ0v) is 13.5. The van der Waals surface area contributed by atoms with Gasteiger partial charge in [-0.05, 0) is 24.0 Å². The third-order valence-electron chi connectivity index (χ3n) is 3.05. The van der Waals surface area contributed by atoms with E-state index >= 15 is 0 Å². The van der Waals surface area contributed by atoms with Gasteiger partial charge >= 0.3 is 6.09 Å². The number of hydrogen-bond acceptors (Lipinski definition) is 4. The van der Waals surface area contributed by atoms with Crippen molar-refractivity contribution >= 4 is 17.7 Å². The van der Waals surface area contributed by atoms with Crippen molar-refractivity contribution in [3.8, 4) is 0 Å². The van der Waals surface area contributed by atoms with Crippen LogP contribution in [-0.4, -0.2) is 30.1 Å². The first-order chi connectivity index (χ1) is 10.4. The molecule has 0 unspecified atom stereocenters. The minimum Gasteiger partial charge on any atom is -0.450 e. The molecule has 0 atom stereocenters. The quantitative estimate of drug-likeness (QED) is 0.724. The van der Waals surface area contributed by atoms with Crippen LogP contribution in [0, 0.1) is 5.41 Å². The predicted octanol–water partition coefficient (Wildman–Crippen LogP) is 2.96. The highest BCUT2D eigenvalue weighted by Crippen LogP contribution is 2.20. The normalized spacial score (nSPS) is 10.9. The van der Waals surface area contributed by atoms with Gasteiger partial charge in [-0.15, -0.1) is 0 Å². The number of alkyl carbamates (subject to hydrolysis) is 1. The molecule has 0 bridgehead atoms. The molecule has 2 N–H and O–H groups in total. The van der Waals surface area contributed by atoms with Crippen LogP contribution in [-0.2, 0) is 9.53 Å². The maximum absolute atomic E-state index is 12.0. The minimum absolute atomic E-state index is 0.0997. The number of hydrogen-bond donors (Lipinski definition) is 2. The first kappa shape index (κ1) is 17.9. The van der Waals surface area contributed by atoms with Gasteiger partial charge in [0.05, 0.1) is 6.61 Å². The van der Waals surface area contributed by atoms with Gasteiger partial charge < -0.3 is 15.4 Å². The van der Waals surface area contributed by atoms with Gasteiger partial charge in [-0.3, -0.25) is 9.78 Å². The van der Waals surface area contributed by atoms with E-state index in [0.29, 0.717) is 25.3 Å². The van der Waals surface area contributed by atoms with Crippen LogP contribution in [0.5, 0.6) is 0 Å². The summed E-state index contributed by atoms with van der Waals surface area (Å²) in [6.45, 7) is 6.68. The van der Waals surface area contributed by atoms with Crippen molar-refractivity contribution in [1.29, 1.82) is 0 Å². The van der Waals surface area contributed by atoms with Gasteiger partial charge in [0.1, 0.15) is 0 Å². The van der Waals surface area contributed by atoms with Crippen molar-refractivity contribution in [2.45, 2.75) is 40.0 Å². The fraction of sp³-hybridized carbons (Fsp3) is 0.562. The van der Waals surface area contributed by atoms with E-state index in [1.54, 1.807) is 24.5 Å². The Morgan fingerprint density at radius 1 is 1.27 bits per heavy atom. The number of pyridine rings is 1. The lowest BCUT2D eigenvalue weighted by molar-refractivity contribution is -0.118. The standard InChI is InChI=1S/C16H25N3O3/c1-4-5-10-22-15(21)18-12-16(2,3)11-14(20)19-13-6-8-17-9-7-13/h6-9H,4-5,10-12H2,1-3H3,(H,18,21)(H,17,19,20). The highest BCUT2D eigenvalue weighted by molar-refractivity contribution is 5.91. The third-order valence-corrected chi connectivity index (χ3v) is 3.05. The Morgan fingerprint density at radius 3 is 2.59 bits per heavy atom. The molecule has 6 nitrogen and oxygen atoms in total. The van der Waals surface area contributed by atoms with Crippen LogP contribution in [0.15, 0.2) is 24.5 Å². The molecule has 0 aliphatic rings. The van der Waals surface area contributed by atoms with E-state index in [-0.39, 0.29) is 11.3 Å². The molecule has 122 valence electrons. The van der Waals surface area contributed by atoms with Crippen molar-refractivity contribution in [3.63, 3.8) is 0 Å². The zero-order valence-electron chi connectivity index (χ0n) is 13.5. The van der Waals surface area contributed by atoms with Gasteiger partial charge in [-0.25, -0.2) is 4.79 Å². The van der Waals surface area contributed by atoms with Gasteiger partial charge in [-0.2, -0.15) is 0 Å². The number of nitrogens with zero attached hydrogens (tertiary/aromatic N) is 1. The van der Waals surface area contributed by atoms with E-state index in [1.165, 1.54) is 0 Å². The second kappa shape index (κ2) is 9.02. The molecule has 1 heterocycles. The van der Waals surface area contributed by atoms with E-state index in [1.807, 2.05) is 20.8 Å². The fourth-order valence-corrected chi connectivity index (χ4v) is 1.81. The van der Waals surface area contributed by atoms with Crippen molar-refractivity contribution in [1.82, 2.24) is 10.3 Å². The van der Waals surface area contributed by atoms with Crippen LogP contribution in [0.3, 0.4) is 0 Å². The lowest BCUT2D eigenvalue weighted by Gasteiger charge is -2.24. The molecule has 0 aliphatic carbocycles. The molecule has 1 rings (SSSR count). The molecule has 22 heavy (non-hydrogen) atoms. The Hall–Kier alpha value is -2.11. The Labute approximate surface area is 131 Å². The van der Waals surface area contributed by atoms with Crippen LogP contribution < -0.4 is 10.6 Å². The van der Waals surface area contributed by atoms with E-state index in [9.17, 15) is 9.59 Å². The van der Waals surface area contributed by atoms with Gasteiger partial charge in [0.25, 0.3) is 0 Å². The number of aromatic nitrogens is 1. The molecule has 6 heteroatoms. The molecule has 0 spiro atoms. The number of ether oxygens (including phenoxy) is 1. The second-order valence-corrected chi connectivity index (χ2v) is 5.97. The predicted molar refractivity (Wildman–Crippen MR) is 85.5 cm³/mol. The Morgan fingerprint density at radius 2 is 1.95 bits per heavy atom. The maximum atomic E-state index is 12.0. The number of carbonyl (C=O) groups is 2. The molecule has 0 radical (unpaired) electrons. The Kier molecular flexibility index (Phi) is 7.36. The fourth-order valence-electron chi connectivity index (χ4n) is 1.81. The summed E-state index contributed by atoms with van der Waals surface area (Å²) in [5.41, 5.74) is 0.351. The van der Waals surface area contributed by atoms with Gasteiger partial charge in [-0.1, -0.05) is 27.2 Å². The Bertz CT molecular complexity index is 475.